The molecule has 84 valence electrons. The zero-order valence-corrected chi connectivity index (χ0v) is 10.5. The standard InChI is InChI=1S/C13H15ClN2/c1-9-4-5-13(12(6-9)7-14)16-8-15-10(2)11(16)3/h4-6,8H,7H2,1-3H3. The second-order valence-corrected chi connectivity index (χ2v) is 4.32. The average molecular weight is 235 g/mol. The molecule has 0 fully saturated rings. The summed E-state index contributed by atoms with van der Waals surface area (Å²) in [6.07, 6.45) is 1.85. The maximum atomic E-state index is 5.98. The van der Waals surface area contributed by atoms with Gasteiger partial charge < -0.3 is 4.57 Å². The molecule has 0 bridgehead atoms. The highest BCUT2D eigenvalue weighted by molar-refractivity contribution is 6.17. The van der Waals surface area contributed by atoms with E-state index in [1.165, 1.54) is 5.56 Å². The largest absolute Gasteiger partial charge is 0.303 e. The van der Waals surface area contributed by atoms with E-state index in [0.717, 1.165) is 22.6 Å². The SMILES string of the molecule is Cc1ccc(-n2cnc(C)c2C)c(CCl)c1. The molecule has 0 amide bonds. The van der Waals surface area contributed by atoms with Gasteiger partial charge in [-0.15, -0.1) is 11.6 Å². The number of hydrogen-bond donors (Lipinski definition) is 0. The van der Waals surface area contributed by atoms with Crippen molar-refractivity contribution in [2.24, 2.45) is 0 Å². The molecule has 0 unspecified atom stereocenters. The Kier molecular flexibility index (Phi) is 3.01. The van der Waals surface area contributed by atoms with E-state index in [9.17, 15) is 0 Å². The van der Waals surface area contributed by atoms with Crippen molar-refractivity contribution in [3.05, 3.63) is 47.0 Å². The van der Waals surface area contributed by atoms with E-state index in [-0.39, 0.29) is 0 Å². The van der Waals surface area contributed by atoms with Gasteiger partial charge in [-0.2, -0.15) is 0 Å². The Morgan fingerprint density at radius 3 is 2.56 bits per heavy atom. The van der Waals surface area contributed by atoms with Crippen LogP contribution in [-0.2, 0) is 5.88 Å². The van der Waals surface area contributed by atoms with Gasteiger partial charge in [-0.05, 0) is 32.4 Å². The van der Waals surface area contributed by atoms with Crippen LogP contribution in [0.4, 0.5) is 0 Å². The van der Waals surface area contributed by atoms with Crippen molar-refractivity contribution in [1.82, 2.24) is 9.55 Å². The van der Waals surface area contributed by atoms with Gasteiger partial charge >= 0.3 is 0 Å². The van der Waals surface area contributed by atoms with Crippen LogP contribution >= 0.6 is 11.6 Å². The molecule has 0 saturated heterocycles. The molecule has 0 aliphatic heterocycles. The number of nitrogens with zero attached hydrogens (tertiary/aromatic N) is 2. The minimum absolute atomic E-state index is 0.522. The molecule has 0 aliphatic carbocycles. The Balaban J connectivity index is 2.59. The quantitative estimate of drug-likeness (QED) is 0.727. The lowest BCUT2D eigenvalue weighted by molar-refractivity contribution is 0.983. The van der Waals surface area contributed by atoms with Crippen molar-refractivity contribution < 1.29 is 0 Å². The van der Waals surface area contributed by atoms with Gasteiger partial charge in [0.2, 0.25) is 0 Å². The smallest absolute Gasteiger partial charge is 0.0997 e. The summed E-state index contributed by atoms with van der Waals surface area (Å²) in [6.45, 7) is 6.16. The molecule has 16 heavy (non-hydrogen) atoms. The van der Waals surface area contributed by atoms with E-state index in [1.807, 2.05) is 13.3 Å². The molecule has 1 aromatic heterocycles. The van der Waals surface area contributed by atoms with Gasteiger partial charge in [-0.25, -0.2) is 4.98 Å². The van der Waals surface area contributed by atoms with Gasteiger partial charge in [-0.3, -0.25) is 0 Å². The van der Waals surface area contributed by atoms with E-state index in [0.29, 0.717) is 5.88 Å². The van der Waals surface area contributed by atoms with E-state index in [4.69, 9.17) is 11.6 Å². The van der Waals surface area contributed by atoms with Crippen LogP contribution in [-0.4, -0.2) is 9.55 Å². The van der Waals surface area contributed by atoms with Crippen LogP contribution in [0.1, 0.15) is 22.5 Å². The highest BCUT2D eigenvalue weighted by Gasteiger charge is 2.08. The topological polar surface area (TPSA) is 17.8 Å². The van der Waals surface area contributed by atoms with Gasteiger partial charge in [0.05, 0.1) is 17.7 Å². The monoisotopic (exact) mass is 234 g/mol. The predicted octanol–water partition coefficient (Wildman–Crippen LogP) is 3.54. The lowest BCUT2D eigenvalue weighted by atomic mass is 10.1. The zero-order chi connectivity index (χ0) is 11.7. The fraction of sp³-hybridized carbons (Fsp3) is 0.308. The van der Waals surface area contributed by atoms with Gasteiger partial charge in [0.25, 0.3) is 0 Å². The molecule has 0 spiro atoms. The maximum absolute atomic E-state index is 5.98. The Hall–Kier alpha value is -1.28. The fourth-order valence-electron chi connectivity index (χ4n) is 1.80. The van der Waals surface area contributed by atoms with Crippen LogP contribution in [0, 0.1) is 20.8 Å². The third-order valence-corrected chi connectivity index (χ3v) is 3.18. The maximum Gasteiger partial charge on any atom is 0.0997 e. The van der Waals surface area contributed by atoms with Crippen LogP contribution < -0.4 is 0 Å². The van der Waals surface area contributed by atoms with E-state index in [2.05, 4.69) is 41.6 Å². The molecular formula is C13H15ClN2. The average Bonchev–Trinajstić information content (AvgIpc) is 2.60. The number of rotatable bonds is 2. The number of aromatic nitrogens is 2. The van der Waals surface area contributed by atoms with Crippen LogP contribution in [0.15, 0.2) is 24.5 Å². The van der Waals surface area contributed by atoms with Crippen molar-refractivity contribution >= 4 is 11.6 Å². The summed E-state index contributed by atoms with van der Waals surface area (Å²) >= 11 is 5.98. The Bertz CT molecular complexity index is 515. The summed E-state index contributed by atoms with van der Waals surface area (Å²) < 4.78 is 2.09. The predicted molar refractivity (Wildman–Crippen MR) is 67.3 cm³/mol. The third-order valence-electron chi connectivity index (χ3n) is 2.89. The van der Waals surface area contributed by atoms with Crippen LogP contribution in [0.5, 0.6) is 0 Å². The Morgan fingerprint density at radius 2 is 2.00 bits per heavy atom. The number of hydrogen-bond acceptors (Lipinski definition) is 1. The Morgan fingerprint density at radius 1 is 1.25 bits per heavy atom. The van der Waals surface area contributed by atoms with E-state index >= 15 is 0 Å². The van der Waals surface area contributed by atoms with Gasteiger partial charge in [0, 0.05) is 11.6 Å². The number of alkyl halides is 1. The lowest BCUT2D eigenvalue weighted by Crippen LogP contribution is -2.00. The molecule has 0 atom stereocenters. The van der Waals surface area contributed by atoms with Crippen LogP contribution in [0.3, 0.4) is 0 Å². The molecule has 0 saturated carbocycles. The second-order valence-electron chi connectivity index (χ2n) is 4.05. The first-order valence-corrected chi connectivity index (χ1v) is 5.83. The molecule has 1 heterocycles. The first-order valence-electron chi connectivity index (χ1n) is 5.30. The lowest BCUT2D eigenvalue weighted by Gasteiger charge is -2.11. The van der Waals surface area contributed by atoms with Gasteiger partial charge in [-0.1, -0.05) is 17.7 Å². The van der Waals surface area contributed by atoms with Crippen LogP contribution in [0.2, 0.25) is 0 Å². The fourth-order valence-corrected chi connectivity index (χ4v) is 2.01. The highest BCUT2D eigenvalue weighted by Crippen LogP contribution is 2.21. The zero-order valence-electron chi connectivity index (χ0n) is 9.79. The van der Waals surface area contributed by atoms with Gasteiger partial charge in [0.15, 0.2) is 0 Å². The van der Waals surface area contributed by atoms with Crippen molar-refractivity contribution in [3.63, 3.8) is 0 Å². The molecule has 1 aromatic carbocycles. The van der Waals surface area contributed by atoms with E-state index in [1.54, 1.807) is 0 Å². The summed E-state index contributed by atoms with van der Waals surface area (Å²) in [5.74, 6) is 0.522. The van der Waals surface area contributed by atoms with Crippen molar-refractivity contribution in [2.75, 3.05) is 0 Å². The van der Waals surface area contributed by atoms with Crippen molar-refractivity contribution in [2.45, 2.75) is 26.7 Å². The number of aryl methyl sites for hydroxylation is 2. The molecule has 2 nitrogen and oxygen atoms in total. The third kappa shape index (κ3) is 1.85. The molecule has 3 heteroatoms. The minimum Gasteiger partial charge on any atom is -0.303 e. The molecular weight excluding hydrogens is 220 g/mol. The second kappa shape index (κ2) is 4.30. The molecule has 2 aromatic rings. The highest BCUT2D eigenvalue weighted by atomic mass is 35.5. The summed E-state index contributed by atoms with van der Waals surface area (Å²) in [7, 11) is 0. The normalized spacial score (nSPS) is 10.8. The first-order chi connectivity index (χ1) is 7.63. The number of benzene rings is 1. The number of imidazole rings is 1. The van der Waals surface area contributed by atoms with Crippen LogP contribution in [0.25, 0.3) is 5.69 Å². The molecule has 0 radical (unpaired) electrons. The molecule has 0 N–H and O–H groups in total. The van der Waals surface area contributed by atoms with Crippen molar-refractivity contribution in [3.8, 4) is 5.69 Å². The Labute approximate surface area is 101 Å². The molecule has 2 rings (SSSR count). The van der Waals surface area contributed by atoms with Gasteiger partial charge in [0.1, 0.15) is 0 Å². The number of halogens is 1. The summed E-state index contributed by atoms with van der Waals surface area (Å²) in [4.78, 5) is 4.31. The summed E-state index contributed by atoms with van der Waals surface area (Å²) in [6, 6.07) is 6.32. The minimum atomic E-state index is 0.522. The first kappa shape index (κ1) is 11.2. The summed E-state index contributed by atoms with van der Waals surface area (Å²) in [5.41, 5.74) is 5.71. The van der Waals surface area contributed by atoms with Crippen molar-refractivity contribution in [1.29, 1.82) is 0 Å². The van der Waals surface area contributed by atoms with E-state index < -0.39 is 0 Å². The molecule has 0 aliphatic rings. The summed E-state index contributed by atoms with van der Waals surface area (Å²) in [5, 5.41) is 0.